The average Bonchev–Trinajstić information content (AvgIpc) is 3.15. The molecule has 1 heterocycles. The first-order chi connectivity index (χ1) is 14.0. The van der Waals surface area contributed by atoms with Crippen molar-refractivity contribution in [2.75, 3.05) is 31.5 Å². The SMILES string of the molecule is COCC(=O)Nc1ccc(NC(=O)c2cccc(-c3ccc(C)o3)c2)cc1OC. The molecule has 0 unspecified atom stereocenters. The van der Waals surface area contributed by atoms with Crippen LogP contribution in [0.3, 0.4) is 0 Å². The maximum atomic E-state index is 12.7. The molecule has 0 atom stereocenters. The van der Waals surface area contributed by atoms with E-state index in [9.17, 15) is 9.59 Å². The van der Waals surface area contributed by atoms with Gasteiger partial charge < -0.3 is 24.5 Å². The van der Waals surface area contributed by atoms with Crippen LogP contribution in [0.4, 0.5) is 11.4 Å². The number of benzene rings is 2. The molecule has 7 nitrogen and oxygen atoms in total. The molecule has 0 saturated carbocycles. The Kier molecular flexibility index (Phi) is 6.31. The Morgan fingerprint density at radius 1 is 1.00 bits per heavy atom. The Hall–Kier alpha value is -3.58. The van der Waals surface area contributed by atoms with Gasteiger partial charge in [0.25, 0.3) is 5.91 Å². The number of anilines is 2. The lowest BCUT2D eigenvalue weighted by atomic mass is 10.1. The molecular formula is C22H22N2O5. The van der Waals surface area contributed by atoms with Crippen molar-refractivity contribution in [2.24, 2.45) is 0 Å². The molecule has 0 radical (unpaired) electrons. The molecule has 0 spiro atoms. The lowest BCUT2D eigenvalue weighted by molar-refractivity contribution is -0.119. The van der Waals surface area contributed by atoms with Crippen LogP contribution in [0.15, 0.2) is 59.0 Å². The summed E-state index contributed by atoms with van der Waals surface area (Å²) in [7, 11) is 2.93. The molecule has 29 heavy (non-hydrogen) atoms. The van der Waals surface area contributed by atoms with Crippen LogP contribution in [0.2, 0.25) is 0 Å². The number of rotatable bonds is 7. The third-order valence-corrected chi connectivity index (χ3v) is 4.16. The van der Waals surface area contributed by atoms with Crippen LogP contribution in [-0.2, 0) is 9.53 Å². The van der Waals surface area contributed by atoms with Gasteiger partial charge in [-0.05, 0) is 43.3 Å². The first-order valence-electron chi connectivity index (χ1n) is 8.95. The van der Waals surface area contributed by atoms with Crippen LogP contribution < -0.4 is 15.4 Å². The van der Waals surface area contributed by atoms with Gasteiger partial charge in [-0.25, -0.2) is 0 Å². The molecule has 3 rings (SSSR count). The number of ether oxygens (including phenoxy) is 2. The number of carbonyl (C=O) groups is 2. The number of amides is 2. The van der Waals surface area contributed by atoms with Crippen LogP contribution in [0, 0.1) is 6.92 Å². The zero-order valence-electron chi connectivity index (χ0n) is 16.4. The number of hydrogen-bond donors (Lipinski definition) is 2. The molecule has 150 valence electrons. The number of carbonyl (C=O) groups excluding carboxylic acids is 2. The second-order valence-corrected chi connectivity index (χ2v) is 6.34. The fourth-order valence-corrected chi connectivity index (χ4v) is 2.80. The Morgan fingerprint density at radius 3 is 2.52 bits per heavy atom. The van der Waals surface area contributed by atoms with Crippen molar-refractivity contribution >= 4 is 23.2 Å². The highest BCUT2D eigenvalue weighted by Gasteiger charge is 2.12. The monoisotopic (exact) mass is 394 g/mol. The summed E-state index contributed by atoms with van der Waals surface area (Å²) in [6.07, 6.45) is 0. The van der Waals surface area contributed by atoms with E-state index < -0.39 is 0 Å². The molecule has 1 aromatic heterocycles. The smallest absolute Gasteiger partial charge is 0.255 e. The standard InChI is InChI=1S/C22H22N2O5/c1-14-7-10-19(29-14)15-5-4-6-16(11-15)22(26)23-17-8-9-18(20(12-17)28-3)24-21(25)13-27-2/h4-12H,13H2,1-3H3,(H,23,26)(H,24,25). The van der Waals surface area contributed by atoms with Gasteiger partial charge in [0.15, 0.2) is 0 Å². The van der Waals surface area contributed by atoms with E-state index in [0.29, 0.717) is 28.4 Å². The maximum absolute atomic E-state index is 12.7. The van der Waals surface area contributed by atoms with Crippen molar-refractivity contribution in [1.29, 1.82) is 0 Å². The molecule has 0 aliphatic heterocycles. The number of furan rings is 1. The molecule has 0 fully saturated rings. The summed E-state index contributed by atoms with van der Waals surface area (Å²) in [5, 5.41) is 5.53. The van der Waals surface area contributed by atoms with Gasteiger partial charge in [-0.1, -0.05) is 12.1 Å². The third kappa shape index (κ3) is 5.03. The lowest BCUT2D eigenvalue weighted by Crippen LogP contribution is -2.18. The molecule has 3 aromatic rings. The molecule has 2 amide bonds. The Bertz CT molecular complexity index is 1030. The van der Waals surface area contributed by atoms with Crippen molar-refractivity contribution in [1.82, 2.24) is 0 Å². The molecular weight excluding hydrogens is 372 g/mol. The number of aryl methyl sites for hydroxylation is 1. The van der Waals surface area contributed by atoms with Crippen LogP contribution in [0.1, 0.15) is 16.1 Å². The summed E-state index contributed by atoms with van der Waals surface area (Å²) < 4.78 is 15.7. The van der Waals surface area contributed by atoms with Crippen LogP contribution in [-0.4, -0.2) is 32.6 Å². The van der Waals surface area contributed by atoms with Crippen molar-refractivity contribution in [2.45, 2.75) is 6.92 Å². The van der Waals surface area contributed by atoms with Gasteiger partial charge in [0.1, 0.15) is 23.9 Å². The maximum Gasteiger partial charge on any atom is 0.255 e. The Labute approximate surface area is 168 Å². The third-order valence-electron chi connectivity index (χ3n) is 4.16. The van der Waals surface area contributed by atoms with Crippen LogP contribution in [0.5, 0.6) is 5.75 Å². The van der Waals surface area contributed by atoms with Crippen LogP contribution >= 0.6 is 0 Å². The van der Waals surface area contributed by atoms with E-state index in [1.165, 1.54) is 14.2 Å². The summed E-state index contributed by atoms with van der Waals surface area (Å²) in [4.78, 5) is 24.4. The zero-order chi connectivity index (χ0) is 20.8. The minimum Gasteiger partial charge on any atom is -0.494 e. The summed E-state index contributed by atoms with van der Waals surface area (Å²) in [6, 6.07) is 15.9. The molecule has 0 bridgehead atoms. The van der Waals surface area contributed by atoms with E-state index in [0.717, 1.165) is 11.3 Å². The number of methoxy groups -OCH3 is 2. The van der Waals surface area contributed by atoms with E-state index in [1.807, 2.05) is 25.1 Å². The fourth-order valence-electron chi connectivity index (χ4n) is 2.80. The van der Waals surface area contributed by atoms with Crippen molar-refractivity contribution in [3.8, 4) is 17.1 Å². The molecule has 0 aliphatic rings. The van der Waals surface area contributed by atoms with Crippen molar-refractivity contribution < 1.29 is 23.5 Å². The summed E-state index contributed by atoms with van der Waals surface area (Å²) in [5.41, 5.74) is 2.34. The molecule has 7 heteroatoms. The highest BCUT2D eigenvalue weighted by Crippen LogP contribution is 2.29. The van der Waals surface area contributed by atoms with Crippen molar-refractivity contribution in [3.05, 3.63) is 65.9 Å². The van der Waals surface area contributed by atoms with Crippen LogP contribution in [0.25, 0.3) is 11.3 Å². The molecule has 2 aromatic carbocycles. The second kappa shape index (κ2) is 9.07. The van der Waals surface area contributed by atoms with Gasteiger partial charge in [-0.3, -0.25) is 9.59 Å². The van der Waals surface area contributed by atoms with Gasteiger partial charge in [0, 0.05) is 30.0 Å². The average molecular weight is 394 g/mol. The normalized spacial score (nSPS) is 10.4. The van der Waals surface area contributed by atoms with E-state index in [-0.39, 0.29) is 18.4 Å². The summed E-state index contributed by atoms with van der Waals surface area (Å²) in [5.74, 6) is 1.36. The summed E-state index contributed by atoms with van der Waals surface area (Å²) in [6.45, 7) is 1.81. The highest BCUT2D eigenvalue weighted by atomic mass is 16.5. The highest BCUT2D eigenvalue weighted by molar-refractivity contribution is 6.05. The first-order valence-corrected chi connectivity index (χ1v) is 8.95. The Balaban J connectivity index is 1.76. The Morgan fingerprint density at radius 2 is 1.83 bits per heavy atom. The quantitative estimate of drug-likeness (QED) is 0.630. The van der Waals surface area contributed by atoms with Gasteiger partial charge in [0.2, 0.25) is 5.91 Å². The lowest BCUT2D eigenvalue weighted by Gasteiger charge is -2.13. The largest absolute Gasteiger partial charge is 0.494 e. The predicted octanol–water partition coefficient (Wildman–Crippen LogP) is 4.10. The zero-order valence-corrected chi connectivity index (χ0v) is 16.4. The first kappa shape index (κ1) is 20.2. The van der Waals surface area contributed by atoms with Gasteiger partial charge in [0.05, 0.1) is 12.8 Å². The summed E-state index contributed by atoms with van der Waals surface area (Å²) >= 11 is 0. The number of hydrogen-bond acceptors (Lipinski definition) is 5. The number of nitrogens with one attached hydrogen (secondary N) is 2. The van der Waals surface area contributed by atoms with E-state index >= 15 is 0 Å². The second-order valence-electron chi connectivity index (χ2n) is 6.34. The fraction of sp³-hybridized carbons (Fsp3) is 0.182. The van der Waals surface area contributed by atoms with Gasteiger partial charge in [-0.15, -0.1) is 0 Å². The molecule has 2 N–H and O–H groups in total. The van der Waals surface area contributed by atoms with E-state index in [4.69, 9.17) is 13.9 Å². The van der Waals surface area contributed by atoms with Gasteiger partial charge >= 0.3 is 0 Å². The van der Waals surface area contributed by atoms with E-state index in [1.54, 1.807) is 36.4 Å². The predicted molar refractivity (Wildman–Crippen MR) is 110 cm³/mol. The minimum absolute atomic E-state index is 0.0623. The molecule has 0 aliphatic carbocycles. The van der Waals surface area contributed by atoms with Crippen molar-refractivity contribution in [3.63, 3.8) is 0 Å². The molecule has 0 saturated heterocycles. The topological polar surface area (TPSA) is 89.8 Å². The minimum atomic E-state index is -0.299. The van der Waals surface area contributed by atoms with E-state index in [2.05, 4.69) is 10.6 Å². The van der Waals surface area contributed by atoms with Gasteiger partial charge in [-0.2, -0.15) is 0 Å².